The largest absolute Gasteiger partial charge is 0.339 e. The van der Waals surface area contributed by atoms with Crippen molar-refractivity contribution in [3.63, 3.8) is 0 Å². The molecule has 21 heavy (non-hydrogen) atoms. The molecule has 2 heterocycles. The van der Waals surface area contributed by atoms with Crippen LogP contribution in [-0.4, -0.2) is 26.7 Å². The van der Waals surface area contributed by atoms with Gasteiger partial charge in [0, 0.05) is 18.8 Å². The predicted molar refractivity (Wildman–Crippen MR) is 80.5 cm³/mol. The molecule has 0 aliphatic rings. The van der Waals surface area contributed by atoms with Crippen molar-refractivity contribution in [2.45, 2.75) is 46.0 Å². The number of aryl methyl sites for hydroxylation is 2. The average molecular weight is 289 g/mol. The van der Waals surface area contributed by atoms with E-state index in [2.05, 4.69) is 27.0 Å². The van der Waals surface area contributed by atoms with Crippen LogP contribution in [0.3, 0.4) is 0 Å². The second-order valence-electron chi connectivity index (χ2n) is 5.37. The Morgan fingerprint density at radius 3 is 2.57 bits per heavy atom. The second-order valence-corrected chi connectivity index (χ2v) is 5.37. The standard InChI is InChI=1S/C15H23N5O/c1-3-4-12(7-8-16)5-6-13-19-15(20-21-13)14-17-9-11(2)10-18-14/h9-10,12H,3-8,16H2,1-2H3. The third kappa shape index (κ3) is 4.60. The van der Waals surface area contributed by atoms with Crippen LogP contribution in [-0.2, 0) is 6.42 Å². The molecule has 0 radical (unpaired) electrons. The van der Waals surface area contributed by atoms with Gasteiger partial charge >= 0.3 is 0 Å². The van der Waals surface area contributed by atoms with Crippen LogP contribution < -0.4 is 5.73 Å². The van der Waals surface area contributed by atoms with E-state index in [-0.39, 0.29) is 0 Å². The van der Waals surface area contributed by atoms with Crippen LogP contribution in [0.5, 0.6) is 0 Å². The van der Waals surface area contributed by atoms with Gasteiger partial charge in [-0.2, -0.15) is 4.98 Å². The lowest BCUT2D eigenvalue weighted by molar-refractivity contribution is 0.349. The molecule has 2 aromatic rings. The third-order valence-electron chi connectivity index (χ3n) is 3.49. The molecule has 1 unspecified atom stereocenters. The molecule has 0 amide bonds. The summed E-state index contributed by atoms with van der Waals surface area (Å²) in [5, 5.41) is 3.95. The van der Waals surface area contributed by atoms with Crippen molar-refractivity contribution in [1.82, 2.24) is 20.1 Å². The molecular weight excluding hydrogens is 266 g/mol. The molecule has 6 heteroatoms. The summed E-state index contributed by atoms with van der Waals surface area (Å²) in [5.41, 5.74) is 6.66. The van der Waals surface area contributed by atoms with Crippen LogP contribution >= 0.6 is 0 Å². The fourth-order valence-electron chi connectivity index (χ4n) is 2.36. The summed E-state index contributed by atoms with van der Waals surface area (Å²) in [6.45, 7) is 4.87. The maximum Gasteiger partial charge on any atom is 0.240 e. The van der Waals surface area contributed by atoms with E-state index in [9.17, 15) is 0 Å². The van der Waals surface area contributed by atoms with Gasteiger partial charge in [0.05, 0.1) is 0 Å². The van der Waals surface area contributed by atoms with Crippen LogP contribution in [0.1, 0.15) is 44.1 Å². The lowest BCUT2D eigenvalue weighted by atomic mass is 9.94. The summed E-state index contributed by atoms with van der Waals surface area (Å²) in [7, 11) is 0. The van der Waals surface area contributed by atoms with Crippen molar-refractivity contribution in [2.24, 2.45) is 11.7 Å². The molecule has 2 aromatic heterocycles. The molecule has 0 saturated heterocycles. The van der Waals surface area contributed by atoms with Crippen LogP contribution in [0.15, 0.2) is 16.9 Å². The highest BCUT2D eigenvalue weighted by Crippen LogP contribution is 2.18. The number of nitrogens with two attached hydrogens (primary N) is 1. The summed E-state index contributed by atoms with van der Waals surface area (Å²) < 4.78 is 5.28. The highest BCUT2D eigenvalue weighted by Gasteiger charge is 2.13. The van der Waals surface area contributed by atoms with E-state index in [0.29, 0.717) is 23.5 Å². The van der Waals surface area contributed by atoms with Gasteiger partial charge in [0.15, 0.2) is 0 Å². The third-order valence-corrected chi connectivity index (χ3v) is 3.49. The van der Waals surface area contributed by atoms with Gasteiger partial charge in [-0.15, -0.1) is 0 Å². The molecule has 114 valence electrons. The van der Waals surface area contributed by atoms with E-state index in [0.717, 1.165) is 31.4 Å². The normalized spacial score (nSPS) is 12.5. The van der Waals surface area contributed by atoms with Crippen molar-refractivity contribution in [3.8, 4) is 11.6 Å². The van der Waals surface area contributed by atoms with Crippen molar-refractivity contribution < 1.29 is 4.52 Å². The van der Waals surface area contributed by atoms with E-state index in [1.165, 1.54) is 12.8 Å². The van der Waals surface area contributed by atoms with Crippen molar-refractivity contribution >= 4 is 0 Å². The average Bonchev–Trinajstić information content (AvgIpc) is 2.95. The molecule has 0 bridgehead atoms. The Labute approximate surface area is 125 Å². The zero-order valence-corrected chi connectivity index (χ0v) is 12.7. The lowest BCUT2D eigenvalue weighted by Crippen LogP contribution is -2.09. The summed E-state index contributed by atoms with van der Waals surface area (Å²) in [5.74, 6) is 2.23. The first-order chi connectivity index (χ1) is 10.2. The SMILES string of the molecule is CCCC(CCN)CCc1nc(-c2ncc(C)cn2)no1. The summed E-state index contributed by atoms with van der Waals surface area (Å²) in [6.07, 6.45) is 8.73. The molecule has 2 rings (SSSR count). The molecule has 0 saturated carbocycles. The number of hydrogen-bond acceptors (Lipinski definition) is 6. The van der Waals surface area contributed by atoms with Gasteiger partial charge in [-0.25, -0.2) is 9.97 Å². The zero-order chi connectivity index (χ0) is 15.1. The van der Waals surface area contributed by atoms with Crippen molar-refractivity contribution in [2.75, 3.05) is 6.54 Å². The molecular formula is C15H23N5O. The number of aromatic nitrogens is 4. The summed E-state index contributed by atoms with van der Waals surface area (Å²) in [6, 6.07) is 0. The molecule has 0 aliphatic carbocycles. The predicted octanol–water partition coefficient (Wildman–Crippen LogP) is 2.53. The van der Waals surface area contributed by atoms with Crippen LogP contribution in [0.4, 0.5) is 0 Å². The molecule has 0 fully saturated rings. The minimum absolute atomic E-state index is 0.455. The van der Waals surface area contributed by atoms with Gasteiger partial charge in [0.2, 0.25) is 17.5 Å². The molecule has 0 aromatic carbocycles. The topological polar surface area (TPSA) is 90.7 Å². The van der Waals surface area contributed by atoms with Crippen LogP contribution in [0.25, 0.3) is 11.6 Å². The first kappa shape index (κ1) is 15.6. The fraction of sp³-hybridized carbons (Fsp3) is 0.600. The molecule has 0 aliphatic heterocycles. The van der Waals surface area contributed by atoms with Crippen LogP contribution in [0, 0.1) is 12.8 Å². The Hall–Kier alpha value is -1.82. The molecule has 6 nitrogen and oxygen atoms in total. The minimum atomic E-state index is 0.455. The van der Waals surface area contributed by atoms with Gasteiger partial charge in [-0.1, -0.05) is 24.9 Å². The summed E-state index contributed by atoms with van der Waals surface area (Å²) >= 11 is 0. The van der Waals surface area contributed by atoms with Gasteiger partial charge in [-0.05, 0) is 37.8 Å². The number of nitrogens with zero attached hydrogens (tertiary/aromatic N) is 4. The van der Waals surface area contributed by atoms with Crippen LogP contribution in [0.2, 0.25) is 0 Å². The monoisotopic (exact) mass is 289 g/mol. The Bertz CT molecular complexity index is 531. The van der Waals surface area contributed by atoms with E-state index in [4.69, 9.17) is 10.3 Å². The Morgan fingerprint density at radius 1 is 1.14 bits per heavy atom. The van der Waals surface area contributed by atoms with Crippen molar-refractivity contribution in [3.05, 3.63) is 23.8 Å². The van der Waals surface area contributed by atoms with Gasteiger partial charge in [0.25, 0.3) is 0 Å². The second kappa shape index (κ2) is 7.83. The number of hydrogen-bond donors (Lipinski definition) is 1. The molecule has 1 atom stereocenters. The van der Waals surface area contributed by atoms with E-state index in [1.807, 2.05) is 6.92 Å². The molecule has 2 N–H and O–H groups in total. The van der Waals surface area contributed by atoms with Gasteiger partial charge < -0.3 is 10.3 Å². The first-order valence-corrected chi connectivity index (χ1v) is 7.54. The quantitative estimate of drug-likeness (QED) is 0.803. The molecule has 0 spiro atoms. The minimum Gasteiger partial charge on any atom is -0.339 e. The Kier molecular flexibility index (Phi) is 5.80. The van der Waals surface area contributed by atoms with E-state index >= 15 is 0 Å². The smallest absolute Gasteiger partial charge is 0.240 e. The highest BCUT2D eigenvalue weighted by atomic mass is 16.5. The van der Waals surface area contributed by atoms with Crippen molar-refractivity contribution in [1.29, 1.82) is 0 Å². The fourth-order valence-corrected chi connectivity index (χ4v) is 2.36. The van der Waals surface area contributed by atoms with E-state index < -0.39 is 0 Å². The number of rotatable bonds is 8. The Balaban J connectivity index is 1.95. The maximum atomic E-state index is 5.65. The highest BCUT2D eigenvalue weighted by molar-refractivity contribution is 5.40. The lowest BCUT2D eigenvalue weighted by Gasteiger charge is -2.13. The van der Waals surface area contributed by atoms with E-state index in [1.54, 1.807) is 12.4 Å². The summed E-state index contributed by atoms with van der Waals surface area (Å²) in [4.78, 5) is 12.8. The Morgan fingerprint density at radius 2 is 1.90 bits per heavy atom. The zero-order valence-electron chi connectivity index (χ0n) is 12.7. The van der Waals surface area contributed by atoms with Gasteiger partial charge in [-0.3, -0.25) is 0 Å². The first-order valence-electron chi connectivity index (χ1n) is 7.54. The maximum absolute atomic E-state index is 5.65. The van der Waals surface area contributed by atoms with Gasteiger partial charge in [0.1, 0.15) is 0 Å².